The fraction of sp³-hybridized carbons (Fsp3) is 0.923. The zero-order valence-corrected chi connectivity index (χ0v) is 18.6. The summed E-state index contributed by atoms with van der Waals surface area (Å²) in [6.45, 7) is 0. The maximum absolute atomic E-state index is 12.3. The van der Waals surface area contributed by atoms with Gasteiger partial charge in [-0.3, -0.25) is 9.36 Å². The summed E-state index contributed by atoms with van der Waals surface area (Å²) < 4.78 is 69.2. The number of esters is 1. The summed E-state index contributed by atoms with van der Waals surface area (Å²) in [7, 11) is -7.60. The fourth-order valence-corrected chi connectivity index (χ4v) is 8.22. The molecule has 0 aromatic heterocycles. The van der Waals surface area contributed by atoms with Crippen molar-refractivity contribution in [2.75, 3.05) is 54.9 Å². The van der Waals surface area contributed by atoms with Gasteiger partial charge >= 0.3 is 5.97 Å². The quantitative estimate of drug-likeness (QED) is 0.206. The molecule has 12 heteroatoms. The van der Waals surface area contributed by atoms with Crippen molar-refractivity contribution in [1.29, 1.82) is 0 Å². The Hall–Kier alpha value is 0.0400. The molecule has 0 aromatic rings. The molecule has 0 amide bonds. The highest BCUT2D eigenvalue weighted by atomic mass is 79.9. The van der Waals surface area contributed by atoms with Crippen molar-refractivity contribution in [2.45, 2.75) is 19.3 Å². The van der Waals surface area contributed by atoms with Crippen LogP contribution in [0.2, 0.25) is 0 Å². The average molecular weight is 485 g/mol. The van der Waals surface area contributed by atoms with Gasteiger partial charge in [0.2, 0.25) is 7.37 Å². The lowest BCUT2D eigenvalue weighted by Gasteiger charge is -2.15. The minimum Gasteiger partial charge on any atom is -0.469 e. The van der Waals surface area contributed by atoms with Crippen LogP contribution in [0, 0.1) is 0 Å². The first-order valence-electron chi connectivity index (χ1n) is 7.66. The Balaban J connectivity index is 4.41. The van der Waals surface area contributed by atoms with Gasteiger partial charge in [-0.1, -0.05) is 15.9 Å². The molecule has 0 heterocycles. The van der Waals surface area contributed by atoms with Crippen LogP contribution in [0.1, 0.15) is 19.3 Å². The van der Waals surface area contributed by atoms with E-state index < -0.39 is 50.3 Å². The zero-order valence-electron chi connectivity index (χ0n) is 14.5. The minimum atomic E-state index is -3.65. The molecule has 25 heavy (non-hydrogen) atoms. The maximum atomic E-state index is 12.3. The van der Waals surface area contributed by atoms with Crippen molar-refractivity contribution in [1.82, 2.24) is 0 Å². The molecular formula is C13H26BrO8PS2. The van der Waals surface area contributed by atoms with E-state index in [4.69, 9.17) is 4.52 Å². The Morgan fingerprint density at radius 3 is 1.92 bits per heavy atom. The number of halogens is 1. The summed E-state index contributed by atoms with van der Waals surface area (Å²) in [5, 5.41) is 0.683. The third-order valence-electron chi connectivity index (χ3n) is 3.47. The third kappa shape index (κ3) is 12.1. The molecule has 0 aliphatic heterocycles. The summed E-state index contributed by atoms with van der Waals surface area (Å²) in [4.78, 5) is 11.0. The second-order valence-corrected chi connectivity index (χ2v) is 13.8. The van der Waals surface area contributed by atoms with Crippen LogP contribution in [0.15, 0.2) is 0 Å². The van der Waals surface area contributed by atoms with E-state index in [1.165, 1.54) is 7.11 Å². The summed E-state index contributed by atoms with van der Waals surface area (Å²) in [6.07, 6.45) is 1.03. The number of carbonyl (C=O) groups is 1. The summed E-state index contributed by atoms with van der Waals surface area (Å²) in [6, 6.07) is 0. The minimum absolute atomic E-state index is 0.144. The van der Waals surface area contributed by atoms with Crippen LogP contribution >= 0.6 is 23.3 Å². The molecule has 0 spiro atoms. The lowest BCUT2D eigenvalue weighted by Crippen LogP contribution is -2.23. The topological polar surface area (TPSA) is 121 Å². The van der Waals surface area contributed by atoms with E-state index >= 15 is 0 Å². The molecule has 0 aromatic carbocycles. The molecule has 0 fully saturated rings. The van der Waals surface area contributed by atoms with Gasteiger partial charge in [-0.15, -0.1) is 0 Å². The Kier molecular flexibility index (Phi) is 11.7. The van der Waals surface area contributed by atoms with Crippen molar-refractivity contribution in [3.63, 3.8) is 0 Å². The van der Waals surface area contributed by atoms with Crippen molar-refractivity contribution in [2.24, 2.45) is 0 Å². The van der Waals surface area contributed by atoms with Crippen LogP contribution in [0.5, 0.6) is 0 Å². The smallest absolute Gasteiger partial charge is 0.306 e. The number of methoxy groups -OCH3 is 1. The molecule has 0 saturated heterocycles. The normalized spacial score (nSPS) is 14.8. The molecule has 0 N–H and O–H groups in total. The van der Waals surface area contributed by atoms with Gasteiger partial charge in [0, 0.05) is 24.8 Å². The number of carbonyl (C=O) groups excluding carboxylic acids is 1. The molecule has 0 saturated carbocycles. The Bertz CT molecular complexity index is 660. The lowest BCUT2D eigenvalue weighted by molar-refractivity contribution is -0.140. The van der Waals surface area contributed by atoms with Gasteiger partial charge in [-0.05, 0) is 12.8 Å². The van der Waals surface area contributed by atoms with Crippen molar-refractivity contribution >= 4 is 48.9 Å². The van der Waals surface area contributed by atoms with Crippen LogP contribution in [-0.2, 0) is 38.3 Å². The van der Waals surface area contributed by atoms with Crippen molar-refractivity contribution in [3.8, 4) is 0 Å². The van der Waals surface area contributed by atoms with Gasteiger partial charge in [-0.25, -0.2) is 16.8 Å². The maximum Gasteiger partial charge on any atom is 0.306 e. The Labute approximate surface area is 158 Å². The van der Waals surface area contributed by atoms with E-state index in [0.717, 1.165) is 7.11 Å². The van der Waals surface area contributed by atoms with E-state index in [1.54, 1.807) is 0 Å². The first kappa shape index (κ1) is 25.0. The monoisotopic (exact) mass is 484 g/mol. The number of hydrogen-bond acceptors (Lipinski definition) is 8. The van der Waals surface area contributed by atoms with E-state index in [1.807, 2.05) is 0 Å². The van der Waals surface area contributed by atoms with Crippen LogP contribution in [-0.4, -0.2) is 77.7 Å². The number of rotatable bonds is 14. The first-order valence-corrected chi connectivity index (χ1v) is 14.4. The van der Waals surface area contributed by atoms with Gasteiger partial charge in [0.25, 0.3) is 0 Å². The highest BCUT2D eigenvalue weighted by Crippen LogP contribution is 2.47. The van der Waals surface area contributed by atoms with E-state index in [-0.39, 0.29) is 24.8 Å². The number of hydrogen-bond donors (Lipinski definition) is 0. The second kappa shape index (κ2) is 11.7. The van der Waals surface area contributed by atoms with E-state index in [9.17, 15) is 26.2 Å². The molecule has 0 radical (unpaired) electrons. The SMILES string of the molecule is COC(=O)CCS(=O)(=O)CCS(=O)(=O)CCCP(=O)(CCCBr)OC. The average Bonchev–Trinajstić information content (AvgIpc) is 2.56. The Morgan fingerprint density at radius 1 is 0.920 bits per heavy atom. The molecule has 150 valence electrons. The highest BCUT2D eigenvalue weighted by molar-refractivity contribution is 9.09. The van der Waals surface area contributed by atoms with E-state index in [2.05, 4.69) is 20.7 Å². The van der Waals surface area contributed by atoms with Gasteiger partial charge in [0.1, 0.15) is 0 Å². The van der Waals surface area contributed by atoms with Crippen LogP contribution in [0.25, 0.3) is 0 Å². The van der Waals surface area contributed by atoms with Gasteiger partial charge in [0.15, 0.2) is 19.7 Å². The van der Waals surface area contributed by atoms with Crippen LogP contribution in [0.3, 0.4) is 0 Å². The van der Waals surface area contributed by atoms with Crippen LogP contribution in [0.4, 0.5) is 0 Å². The van der Waals surface area contributed by atoms with Gasteiger partial charge in [-0.2, -0.15) is 0 Å². The number of sulfone groups is 2. The number of ether oxygens (including phenoxy) is 1. The first-order chi connectivity index (χ1) is 11.5. The standard InChI is InChI=1S/C13H26BrO8PS2/c1-21-13(15)5-10-25(19,20)12-11-24(17,18)9-4-8-23(16,22-2)7-3-6-14/h3-12H2,1-2H3. The lowest BCUT2D eigenvalue weighted by atomic mass is 10.5. The predicted octanol–water partition coefficient (Wildman–Crippen LogP) is 1.48. The molecule has 0 aliphatic rings. The summed E-state index contributed by atoms with van der Waals surface area (Å²) in [5.41, 5.74) is 0. The molecule has 1 unspecified atom stereocenters. The van der Waals surface area contributed by atoms with Gasteiger partial charge < -0.3 is 9.26 Å². The third-order valence-corrected chi connectivity index (χ3v) is 10.3. The molecule has 0 bridgehead atoms. The largest absolute Gasteiger partial charge is 0.469 e. The van der Waals surface area contributed by atoms with Gasteiger partial charge in [0.05, 0.1) is 36.5 Å². The second-order valence-electron chi connectivity index (χ2n) is 5.47. The molecule has 8 nitrogen and oxygen atoms in total. The fourth-order valence-electron chi connectivity index (χ4n) is 1.92. The van der Waals surface area contributed by atoms with Crippen molar-refractivity contribution < 1.29 is 35.5 Å². The van der Waals surface area contributed by atoms with Crippen LogP contribution < -0.4 is 0 Å². The van der Waals surface area contributed by atoms with E-state index in [0.29, 0.717) is 17.9 Å². The predicted molar refractivity (Wildman–Crippen MR) is 101 cm³/mol. The summed E-state index contributed by atoms with van der Waals surface area (Å²) >= 11 is 3.24. The van der Waals surface area contributed by atoms with Crippen molar-refractivity contribution in [3.05, 3.63) is 0 Å². The molecule has 0 rings (SSSR count). The molecule has 1 atom stereocenters. The summed E-state index contributed by atoms with van der Waals surface area (Å²) in [5.74, 6) is -2.42. The Morgan fingerprint density at radius 2 is 1.44 bits per heavy atom. The molecular weight excluding hydrogens is 459 g/mol. The molecule has 0 aliphatic carbocycles. The zero-order chi connectivity index (χ0) is 19.6. The highest BCUT2D eigenvalue weighted by Gasteiger charge is 2.23. The number of alkyl halides is 1.